The molecule has 0 spiro atoms. The predicted octanol–water partition coefficient (Wildman–Crippen LogP) is 3.79. The molecule has 7 heteroatoms. The van der Waals surface area contributed by atoms with Crippen molar-refractivity contribution in [1.29, 1.82) is 5.26 Å². The molecule has 0 aromatic heterocycles. The minimum absolute atomic E-state index is 0.110. The number of rotatable bonds is 8. The van der Waals surface area contributed by atoms with Crippen molar-refractivity contribution >= 4 is 23.6 Å². The van der Waals surface area contributed by atoms with Crippen molar-refractivity contribution < 1.29 is 19.1 Å². The maximum Gasteiger partial charge on any atom is 0.317 e. The van der Waals surface area contributed by atoms with Gasteiger partial charge in [-0.2, -0.15) is 5.26 Å². The Morgan fingerprint density at radius 3 is 2.46 bits per heavy atom. The molecule has 1 aromatic carbocycles. The topological polar surface area (TPSA) is 79.6 Å². The summed E-state index contributed by atoms with van der Waals surface area (Å²) in [6.07, 6.45) is 3.36. The van der Waals surface area contributed by atoms with Gasteiger partial charge in [-0.3, -0.25) is 9.59 Å². The van der Waals surface area contributed by atoms with E-state index in [2.05, 4.69) is 6.07 Å². The average Bonchev–Trinajstić information content (AvgIpc) is 2.72. The van der Waals surface area contributed by atoms with Gasteiger partial charge in [0.2, 0.25) is 0 Å². The SMILES string of the molecule is CCOc1ccc(SCC(=O)O[C@H](C)C(=O)N(C)C2(C#N)CCCCC2)cc1. The lowest BCUT2D eigenvalue weighted by atomic mass is 9.81. The van der Waals surface area contributed by atoms with Gasteiger partial charge in [-0.05, 0) is 51.0 Å². The van der Waals surface area contributed by atoms with Crippen LogP contribution in [0.5, 0.6) is 5.75 Å². The van der Waals surface area contributed by atoms with Crippen LogP contribution in [-0.4, -0.2) is 47.8 Å². The Kier molecular flexibility index (Phi) is 8.18. The van der Waals surface area contributed by atoms with Crippen molar-refractivity contribution in [3.8, 4) is 11.8 Å². The number of nitriles is 1. The molecule has 1 aliphatic carbocycles. The molecule has 1 aromatic rings. The van der Waals surface area contributed by atoms with E-state index in [0.717, 1.165) is 29.9 Å². The van der Waals surface area contributed by atoms with Crippen molar-refractivity contribution in [1.82, 2.24) is 4.90 Å². The third kappa shape index (κ3) is 5.65. The van der Waals surface area contributed by atoms with Crippen LogP contribution in [0.15, 0.2) is 29.2 Å². The molecule has 0 unspecified atom stereocenters. The van der Waals surface area contributed by atoms with Gasteiger partial charge in [0.25, 0.3) is 5.91 Å². The zero-order valence-corrected chi connectivity index (χ0v) is 17.6. The Labute approximate surface area is 171 Å². The molecule has 0 saturated heterocycles. The van der Waals surface area contributed by atoms with Crippen LogP contribution in [0.1, 0.15) is 46.0 Å². The molecule has 0 heterocycles. The van der Waals surface area contributed by atoms with Gasteiger partial charge in [0.1, 0.15) is 11.3 Å². The fraction of sp³-hybridized carbons (Fsp3) is 0.571. The molecular formula is C21H28N2O4S. The summed E-state index contributed by atoms with van der Waals surface area (Å²) in [4.78, 5) is 27.2. The lowest BCUT2D eigenvalue weighted by Crippen LogP contribution is -2.53. The number of thioether (sulfide) groups is 1. The van der Waals surface area contributed by atoms with Crippen molar-refractivity contribution in [2.24, 2.45) is 0 Å². The van der Waals surface area contributed by atoms with Crippen LogP contribution in [0, 0.1) is 11.3 Å². The first kappa shape index (κ1) is 22.1. The number of hydrogen-bond donors (Lipinski definition) is 0. The van der Waals surface area contributed by atoms with E-state index >= 15 is 0 Å². The molecule has 1 fully saturated rings. The minimum atomic E-state index is -0.911. The molecule has 0 N–H and O–H groups in total. The van der Waals surface area contributed by atoms with E-state index in [4.69, 9.17) is 9.47 Å². The van der Waals surface area contributed by atoms with Crippen LogP contribution >= 0.6 is 11.8 Å². The molecule has 6 nitrogen and oxygen atoms in total. The maximum absolute atomic E-state index is 12.7. The van der Waals surface area contributed by atoms with Crippen LogP contribution in [-0.2, 0) is 14.3 Å². The molecule has 152 valence electrons. The Morgan fingerprint density at radius 2 is 1.89 bits per heavy atom. The molecule has 1 saturated carbocycles. The van der Waals surface area contributed by atoms with E-state index in [9.17, 15) is 14.9 Å². The molecule has 28 heavy (non-hydrogen) atoms. The fourth-order valence-electron chi connectivity index (χ4n) is 3.37. The quantitative estimate of drug-likeness (QED) is 0.484. The Bertz CT molecular complexity index is 708. The second kappa shape index (κ2) is 10.4. The Hall–Kier alpha value is -2.20. The van der Waals surface area contributed by atoms with Gasteiger partial charge in [0.15, 0.2) is 6.10 Å². The van der Waals surface area contributed by atoms with Gasteiger partial charge in [0, 0.05) is 11.9 Å². The standard InChI is InChI=1S/C21H28N2O4S/c1-4-26-17-8-10-18(11-9-17)28-14-19(24)27-16(2)20(25)23(3)21(15-22)12-6-5-7-13-21/h8-11,16H,4-7,12-14H2,1-3H3/t16-/m1/s1. The van der Waals surface area contributed by atoms with Crippen molar-refractivity contribution in [3.05, 3.63) is 24.3 Å². The summed E-state index contributed by atoms with van der Waals surface area (Å²) in [7, 11) is 1.63. The molecule has 1 amide bonds. The highest BCUT2D eigenvalue weighted by Gasteiger charge is 2.40. The third-order valence-corrected chi connectivity index (χ3v) is 5.99. The van der Waals surface area contributed by atoms with Crippen LogP contribution < -0.4 is 4.74 Å². The molecule has 0 aliphatic heterocycles. The van der Waals surface area contributed by atoms with Crippen LogP contribution in [0.2, 0.25) is 0 Å². The number of ether oxygens (including phenoxy) is 2. The second-order valence-corrected chi connectivity index (χ2v) is 7.98. The smallest absolute Gasteiger partial charge is 0.317 e. The summed E-state index contributed by atoms with van der Waals surface area (Å²) in [5.41, 5.74) is -0.785. The van der Waals surface area contributed by atoms with E-state index in [1.807, 2.05) is 31.2 Å². The fourth-order valence-corrected chi connectivity index (χ4v) is 4.05. The largest absolute Gasteiger partial charge is 0.494 e. The number of carbonyl (C=O) groups excluding carboxylic acids is 2. The van der Waals surface area contributed by atoms with Gasteiger partial charge in [-0.1, -0.05) is 19.3 Å². The van der Waals surface area contributed by atoms with Crippen molar-refractivity contribution in [2.45, 2.75) is 62.5 Å². The van der Waals surface area contributed by atoms with E-state index in [1.165, 1.54) is 16.7 Å². The average molecular weight is 405 g/mol. The van der Waals surface area contributed by atoms with Gasteiger partial charge < -0.3 is 14.4 Å². The number of nitrogens with zero attached hydrogens (tertiary/aromatic N) is 2. The second-order valence-electron chi connectivity index (χ2n) is 6.93. The number of carbonyl (C=O) groups is 2. The zero-order chi connectivity index (χ0) is 20.6. The monoisotopic (exact) mass is 404 g/mol. The summed E-state index contributed by atoms with van der Waals surface area (Å²) in [6.45, 7) is 4.09. The molecular weight excluding hydrogens is 376 g/mol. The summed E-state index contributed by atoms with van der Waals surface area (Å²) in [5, 5.41) is 9.62. The van der Waals surface area contributed by atoms with E-state index in [-0.39, 0.29) is 11.7 Å². The first-order chi connectivity index (χ1) is 13.4. The highest BCUT2D eigenvalue weighted by atomic mass is 32.2. The summed E-state index contributed by atoms with van der Waals surface area (Å²) >= 11 is 1.34. The maximum atomic E-state index is 12.7. The number of benzene rings is 1. The first-order valence-corrected chi connectivity index (χ1v) is 10.6. The number of hydrogen-bond acceptors (Lipinski definition) is 6. The van der Waals surface area contributed by atoms with E-state index in [1.54, 1.807) is 14.0 Å². The van der Waals surface area contributed by atoms with Gasteiger partial charge in [0.05, 0.1) is 18.4 Å². The van der Waals surface area contributed by atoms with Crippen molar-refractivity contribution in [3.63, 3.8) is 0 Å². The number of esters is 1. The summed E-state index contributed by atoms with van der Waals surface area (Å²) in [6, 6.07) is 9.78. The first-order valence-electron chi connectivity index (χ1n) is 9.66. The van der Waals surface area contributed by atoms with Gasteiger partial charge in [-0.15, -0.1) is 11.8 Å². The Morgan fingerprint density at radius 1 is 1.25 bits per heavy atom. The summed E-state index contributed by atoms with van der Waals surface area (Å²) < 4.78 is 10.7. The number of amides is 1. The normalized spacial score (nSPS) is 16.5. The van der Waals surface area contributed by atoms with Gasteiger partial charge in [-0.25, -0.2) is 0 Å². The zero-order valence-electron chi connectivity index (χ0n) is 16.8. The minimum Gasteiger partial charge on any atom is -0.494 e. The molecule has 2 rings (SSSR count). The lowest BCUT2D eigenvalue weighted by Gasteiger charge is -2.39. The van der Waals surface area contributed by atoms with Crippen LogP contribution in [0.4, 0.5) is 0 Å². The van der Waals surface area contributed by atoms with Crippen LogP contribution in [0.25, 0.3) is 0 Å². The van der Waals surface area contributed by atoms with Gasteiger partial charge >= 0.3 is 5.97 Å². The highest BCUT2D eigenvalue weighted by Crippen LogP contribution is 2.33. The highest BCUT2D eigenvalue weighted by molar-refractivity contribution is 8.00. The predicted molar refractivity (Wildman–Crippen MR) is 108 cm³/mol. The number of likely N-dealkylation sites (N-methyl/N-ethyl adjacent to an activating group) is 1. The van der Waals surface area contributed by atoms with E-state index in [0.29, 0.717) is 19.4 Å². The van der Waals surface area contributed by atoms with Crippen LogP contribution in [0.3, 0.4) is 0 Å². The lowest BCUT2D eigenvalue weighted by molar-refractivity contribution is -0.159. The summed E-state index contributed by atoms with van der Waals surface area (Å²) in [5.74, 6) is 0.107. The Balaban J connectivity index is 1.85. The molecule has 0 radical (unpaired) electrons. The van der Waals surface area contributed by atoms with E-state index < -0.39 is 17.6 Å². The molecule has 0 bridgehead atoms. The molecule has 1 atom stereocenters. The van der Waals surface area contributed by atoms with Crippen molar-refractivity contribution in [2.75, 3.05) is 19.4 Å². The third-order valence-electron chi connectivity index (χ3n) is 5.01. The molecule has 1 aliphatic rings.